The number of fused-ring (bicyclic) bond motifs is 1. The van der Waals surface area contributed by atoms with E-state index in [2.05, 4.69) is 5.32 Å². The number of hydrogen-bond acceptors (Lipinski definition) is 3. The van der Waals surface area contributed by atoms with Gasteiger partial charge in [-0.3, -0.25) is 4.79 Å². The maximum absolute atomic E-state index is 13.2. The Morgan fingerprint density at radius 3 is 2.90 bits per heavy atom. The quantitative estimate of drug-likeness (QED) is 0.883. The number of carbonyl (C=O) groups is 1. The summed E-state index contributed by atoms with van der Waals surface area (Å²) in [5, 5.41) is 13.8. The van der Waals surface area contributed by atoms with Crippen molar-refractivity contribution < 1.29 is 14.3 Å². The molecule has 1 fully saturated rings. The highest BCUT2D eigenvalue weighted by Gasteiger charge is 2.26. The number of benzene rings is 1. The first-order chi connectivity index (χ1) is 10.1. The number of hydrogen-bond donors (Lipinski definition) is 2. The van der Waals surface area contributed by atoms with E-state index in [9.17, 15) is 14.3 Å². The maximum Gasteiger partial charge on any atom is 0.263 e. The first-order valence-electron chi connectivity index (χ1n) is 6.93. The number of aliphatic hydroxyl groups excluding tert-OH is 1. The number of nitrogens with one attached hydrogen (secondary N) is 1. The molecule has 0 bridgehead atoms. The second-order valence-electron chi connectivity index (χ2n) is 5.32. The van der Waals surface area contributed by atoms with Gasteiger partial charge in [-0.1, -0.05) is 24.4 Å². The Morgan fingerprint density at radius 1 is 1.38 bits per heavy atom. The fourth-order valence-corrected chi connectivity index (χ4v) is 4.14. The fraction of sp³-hybridized carbons (Fsp3) is 0.400. The molecule has 2 N–H and O–H groups in total. The van der Waals surface area contributed by atoms with Crippen molar-refractivity contribution in [3.05, 3.63) is 33.9 Å². The van der Waals surface area contributed by atoms with Crippen molar-refractivity contribution in [2.24, 2.45) is 0 Å². The average molecular weight is 328 g/mol. The van der Waals surface area contributed by atoms with Crippen molar-refractivity contribution in [1.29, 1.82) is 0 Å². The molecular weight excluding hydrogens is 313 g/mol. The third-order valence-electron chi connectivity index (χ3n) is 3.84. The summed E-state index contributed by atoms with van der Waals surface area (Å²) in [5.74, 6) is -0.650. The molecule has 1 aromatic carbocycles. The normalized spacial score (nSPS) is 22.4. The molecule has 1 heterocycles. The average Bonchev–Trinajstić information content (AvgIpc) is 2.78. The van der Waals surface area contributed by atoms with Crippen LogP contribution in [0.4, 0.5) is 4.39 Å². The maximum atomic E-state index is 13.2. The molecule has 2 atom stereocenters. The van der Waals surface area contributed by atoms with Crippen LogP contribution in [0.3, 0.4) is 0 Å². The van der Waals surface area contributed by atoms with Crippen LogP contribution in [-0.4, -0.2) is 23.2 Å². The molecule has 0 radical (unpaired) electrons. The summed E-state index contributed by atoms with van der Waals surface area (Å²) in [6.45, 7) is 0. The minimum absolute atomic E-state index is 0.232. The lowest BCUT2D eigenvalue weighted by Crippen LogP contribution is -2.44. The van der Waals surface area contributed by atoms with E-state index < -0.39 is 6.10 Å². The van der Waals surface area contributed by atoms with E-state index in [4.69, 9.17) is 11.6 Å². The Labute approximate surface area is 130 Å². The van der Waals surface area contributed by atoms with Crippen LogP contribution in [0.1, 0.15) is 35.4 Å². The molecule has 0 spiro atoms. The van der Waals surface area contributed by atoms with Crippen molar-refractivity contribution in [3.63, 3.8) is 0 Å². The number of carbonyl (C=O) groups excluding carboxylic acids is 1. The predicted molar refractivity (Wildman–Crippen MR) is 82.5 cm³/mol. The molecule has 1 saturated carbocycles. The second-order valence-corrected chi connectivity index (χ2v) is 6.75. The summed E-state index contributed by atoms with van der Waals surface area (Å²) in [5.41, 5.74) is 0. The van der Waals surface area contributed by atoms with E-state index in [-0.39, 0.29) is 17.8 Å². The SMILES string of the molecule is O=C(N[C@@H]1CCCC[C@H]1O)c1sc2cc(F)ccc2c1Cl. The number of aliphatic hydroxyl groups is 1. The fourth-order valence-electron chi connectivity index (χ4n) is 2.70. The molecule has 112 valence electrons. The van der Waals surface area contributed by atoms with Crippen LogP contribution in [-0.2, 0) is 0 Å². The van der Waals surface area contributed by atoms with Gasteiger partial charge in [-0.2, -0.15) is 0 Å². The predicted octanol–water partition coefficient (Wildman–Crippen LogP) is 3.73. The van der Waals surface area contributed by atoms with Crippen molar-refractivity contribution in [3.8, 4) is 0 Å². The van der Waals surface area contributed by atoms with Gasteiger partial charge >= 0.3 is 0 Å². The number of amides is 1. The minimum atomic E-state index is -0.506. The van der Waals surface area contributed by atoms with Crippen LogP contribution < -0.4 is 5.32 Å². The van der Waals surface area contributed by atoms with Gasteiger partial charge in [-0.15, -0.1) is 11.3 Å². The molecule has 3 nitrogen and oxygen atoms in total. The van der Waals surface area contributed by atoms with Crippen molar-refractivity contribution in [2.75, 3.05) is 0 Å². The zero-order valence-electron chi connectivity index (χ0n) is 11.2. The highest BCUT2D eigenvalue weighted by Crippen LogP contribution is 2.35. The third-order valence-corrected chi connectivity index (χ3v) is 5.50. The number of rotatable bonds is 2. The number of thiophene rings is 1. The summed E-state index contributed by atoms with van der Waals surface area (Å²) < 4.78 is 13.9. The third kappa shape index (κ3) is 2.91. The van der Waals surface area contributed by atoms with Gasteiger partial charge in [-0.25, -0.2) is 4.39 Å². The van der Waals surface area contributed by atoms with Gasteiger partial charge in [0.25, 0.3) is 5.91 Å². The van der Waals surface area contributed by atoms with E-state index in [1.54, 1.807) is 6.07 Å². The van der Waals surface area contributed by atoms with Crippen LogP contribution in [0.2, 0.25) is 5.02 Å². The first kappa shape index (κ1) is 14.8. The van der Waals surface area contributed by atoms with Crippen molar-refractivity contribution in [2.45, 2.75) is 37.8 Å². The van der Waals surface area contributed by atoms with E-state index in [0.29, 0.717) is 26.4 Å². The highest BCUT2D eigenvalue weighted by atomic mass is 35.5. The lowest BCUT2D eigenvalue weighted by atomic mass is 9.92. The zero-order valence-corrected chi connectivity index (χ0v) is 12.8. The van der Waals surface area contributed by atoms with Crippen LogP contribution in [0.25, 0.3) is 10.1 Å². The van der Waals surface area contributed by atoms with Crippen LogP contribution in [0.15, 0.2) is 18.2 Å². The Kier molecular flexibility index (Phi) is 4.15. The number of halogens is 2. The molecule has 0 unspecified atom stereocenters. The Balaban J connectivity index is 1.85. The summed E-state index contributed by atoms with van der Waals surface area (Å²) in [4.78, 5) is 12.7. The molecule has 1 aliphatic rings. The summed E-state index contributed by atoms with van der Waals surface area (Å²) >= 11 is 7.39. The molecule has 1 amide bonds. The molecule has 21 heavy (non-hydrogen) atoms. The van der Waals surface area contributed by atoms with Gasteiger partial charge < -0.3 is 10.4 Å². The zero-order chi connectivity index (χ0) is 15.0. The Morgan fingerprint density at radius 2 is 2.14 bits per heavy atom. The van der Waals surface area contributed by atoms with Crippen LogP contribution in [0, 0.1) is 5.82 Å². The van der Waals surface area contributed by atoms with E-state index in [1.165, 1.54) is 23.5 Å². The summed E-state index contributed by atoms with van der Waals surface area (Å²) in [6, 6.07) is 4.05. The standard InChI is InChI=1S/C15H15ClFNO2S/c16-13-9-6-5-8(17)7-12(9)21-14(13)15(20)18-10-3-1-2-4-11(10)19/h5-7,10-11,19H,1-4H2,(H,18,20)/t10-,11-/m1/s1. The van der Waals surface area contributed by atoms with Gasteiger partial charge in [-0.05, 0) is 31.0 Å². The Hall–Kier alpha value is -1.17. The lowest BCUT2D eigenvalue weighted by Gasteiger charge is -2.28. The molecule has 3 rings (SSSR count). The van der Waals surface area contributed by atoms with Crippen LogP contribution in [0.5, 0.6) is 0 Å². The molecule has 1 aromatic heterocycles. The van der Waals surface area contributed by atoms with Gasteiger partial charge in [0, 0.05) is 10.1 Å². The molecule has 0 saturated heterocycles. The van der Waals surface area contributed by atoms with E-state index >= 15 is 0 Å². The highest BCUT2D eigenvalue weighted by molar-refractivity contribution is 7.21. The minimum Gasteiger partial charge on any atom is -0.391 e. The van der Waals surface area contributed by atoms with E-state index in [1.807, 2.05) is 0 Å². The monoisotopic (exact) mass is 327 g/mol. The van der Waals surface area contributed by atoms with Gasteiger partial charge in [0.2, 0.25) is 0 Å². The van der Waals surface area contributed by atoms with Gasteiger partial charge in [0.1, 0.15) is 10.7 Å². The van der Waals surface area contributed by atoms with Gasteiger partial charge in [0.15, 0.2) is 0 Å². The smallest absolute Gasteiger partial charge is 0.263 e. The molecule has 0 aliphatic heterocycles. The first-order valence-corrected chi connectivity index (χ1v) is 8.12. The van der Waals surface area contributed by atoms with Gasteiger partial charge in [0.05, 0.1) is 17.2 Å². The molecular formula is C15H15ClFNO2S. The Bertz CT molecular complexity index is 688. The lowest BCUT2D eigenvalue weighted by molar-refractivity contribution is 0.0720. The van der Waals surface area contributed by atoms with Crippen LogP contribution >= 0.6 is 22.9 Å². The second kappa shape index (κ2) is 5.91. The topological polar surface area (TPSA) is 49.3 Å². The summed E-state index contributed by atoms with van der Waals surface area (Å²) in [7, 11) is 0. The van der Waals surface area contributed by atoms with Crippen molar-refractivity contribution in [1.82, 2.24) is 5.32 Å². The summed E-state index contributed by atoms with van der Waals surface area (Å²) in [6.07, 6.45) is 2.94. The molecule has 1 aliphatic carbocycles. The molecule has 6 heteroatoms. The largest absolute Gasteiger partial charge is 0.391 e. The molecule has 2 aromatic rings. The van der Waals surface area contributed by atoms with Crippen molar-refractivity contribution >= 4 is 38.9 Å². The van der Waals surface area contributed by atoms with E-state index in [0.717, 1.165) is 19.3 Å².